The molecule has 0 heterocycles. The van der Waals surface area contributed by atoms with E-state index in [4.69, 9.17) is 10.5 Å². The van der Waals surface area contributed by atoms with Crippen molar-refractivity contribution < 1.29 is 9.53 Å². The third-order valence-electron chi connectivity index (χ3n) is 0.935. The Kier molecular flexibility index (Phi) is 5.22. The van der Waals surface area contributed by atoms with Crippen LogP contribution in [0.15, 0.2) is 10.2 Å². The Morgan fingerprint density at radius 3 is 2.50 bits per heavy atom. The fourth-order valence-corrected chi connectivity index (χ4v) is 0.631. The van der Waals surface area contributed by atoms with Gasteiger partial charge in [0, 0.05) is 0 Å². The van der Waals surface area contributed by atoms with Crippen molar-refractivity contribution in [2.24, 2.45) is 15.9 Å². The molecule has 0 aliphatic heterocycles. The summed E-state index contributed by atoms with van der Waals surface area (Å²) >= 11 is 1.25. The van der Waals surface area contributed by atoms with Crippen LogP contribution in [0.25, 0.3) is 0 Å². The minimum absolute atomic E-state index is 0.296. The van der Waals surface area contributed by atoms with Crippen LogP contribution < -0.4 is 5.73 Å². The second kappa shape index (κ2) is 5.64. The van der Waals surface area contributed by atoms with Gasteiger partial charge in [0.05, 0.1) is 0 Å². The van der Waals surface area contributed by atoms with Gasteiger partial charge in [-0.1, -0.05) is 11.8 Å². The molecule has 0 saturated heterocycles. The molecule has 0 aromatic carbocycles. The highest BCUT2D eigenvalue weighted by Crippen LogP contribution is 2.05. The number of nitrogens with two attached hydrogens (primary N) is 1. The van der Waals surface area contributed by atoms with Crippen molar-refractivity contribution in [1.29, 1.82) is 0 Å². The third-order valence-corrected chi connectivity index (χ3v) is 1.44. The Balaban J connectivity index is 4.08. The average molecular weight is 217 g/mol. The summed E-state index contributed by atoms with van der Waals surface area (Å²) in [6.07, 6.45) is 2.76. The number of carbonyl (C=O) groups is 1. The van der Waals surface area contributed by atoms with Gasteiger partial charge in [-0.15, -0.1) is 10.2 Å². The van der Waals surface area contributed by atoms with Crippen LogP contribution in [0.4, 0.5) is 0 Å². The van der Waals surface area contributed by atoms with Gasteiger partial charge in [0.2, 0.25) is 0 Å². The molecule has 0 unspecified atom stereocenters. The van der Waals surface area contributed by atoms with E-state index in [0.717, 1.165) is 6.21 Å². The Morgan fingerprint density at radius 2 is 2.07 bits per heavy atom. The molecule has 0 spiro atoms. The van der Waals surface area contributed by atoms with Crippen LogP contribution in [0.2, 0.25) is 0 Å². The molecule has 2 N–H and O–H groups in total. The molecule has 0 aliphatic rings. The monoisotopic (exact) mass is 217 g/mol. The molecule has 0 bridgehead atoms. The number of amidine groups is 1. The first-order valence-corrected chi connectivity index (χ1v) is 5.21. The normalized spacial score (nSPS) is 13.3. The lowest BCUT2D eigenvalue weighted by atomic mass is 10.2. The lowest BCUT2D eigenvalue weighted by molar-refractivity contribution is -0.145. The molecule has 0 aliphatic carbocycles. The van der Waals surface area contributed by atoms with Gasteiger partial charge in [0.15, 0.2) is 5.17 Å². The van der Waals surface area contributed by atoms with Crippen molar-refractivity contribution in [3.8, 4) is 0 Å². The first kappa shape index (κ1) is 13.0. The summed E-state index contributed by atoms with van der Waals surface area (Å²) in [7, 11) is 0. The number of esters is 1. The average Bonchev–Trinajstić information content (AvgIpc) is 2.00. The Morgan fingerprint density at radius 1 is 1.50 bits per heavy atom. The van der Waals surface area contributed by atoms with Gasteiger partial charge >= 0.3 is 5.97 Å². The standard InChI is InChI=1S/C8H15N3O2S/c1-8(2,3)13-6(12)5-10-11-7(9)14-4/h5H,1-4H3,(H2,9,11)/b10-5+. The summed E-state index contributed by atoms with van der Waals surface area (Å²) in [4.78, 5) is 11.0. The highest BCUT2D eigenvalue weighted by atomic mass is 32.2. The lowest BCUT2D eigenvalue weighted by Crippen LogP contribution is -2.24. The maximum Gasteiger partial charge on any atom is 0.351 e. The first-order valence-electron chi connectivity index (χ1n) is 3.98. The Hall–Kier alpha value is -1.04. The van der Waals surface area contributed by atoms with Gasteiger partial charge in [-0.25, -0.2) is 4.79 Å². The fraction of sp³-hybridized carbons (Fsp3) is 0.625. The highest BCUT2D eigenvalue weighted by molar-refractivity contribution is 8.13. The molecule has 0 aromatic heterocycles. The van der Waals surface area contributed by atoms with Crippen LogP contribution in [0.5, 0.6) is 0 Å². The van der Waals surface area contributed by atoms with Crippen LogP contribution in [-0.2, 0) is 9.53 Å². The van der Waals surface area contributed by atoms with E-state index in [9.17, 15) is 4.79 Å². The number of thioether (sulfide) groups is 1. The molecular weight excluding hydrogens is 202 g/mol. The lowest BCUT2D eigenvalue weighted by Gasteiger charge is -2.17. The maximum atomic E-state index is 11.0. The molecule has 0 rings (SSSR count). The van der Waals surface area contributed by atoms with Crippen molar-refractivity contribution in [3.63, 3.8) is 0 Å². The summed E-state index contributed by atoms with van der Waals surface area (Å²) in [5.74, 6) is -0.532. The molecular formula is C8H15N3O2S. The second-order valence-electron chi connectivity index (χ2n) is 3.42. The minimum atomic E-state index is -0.532. The van der Waals surface area contributed by atoms with Crippen molar-refractivity contribution in [2.45, 2.75) is 26.4 Å². The van der Waals surface area contributed by atoms with E-state index >= 15 is 0 Å². The van der Waals surface area contributed by atoms with Gasteiger partial charge < -0.3 is 10.5 Å². The number of rotatable bonds is 2. The van der Waals surface area contributed by atoms with E-state index in [-0.39, 0.29) is 0 Å². The van der Waals surface area contributed by atoms with E-state index in [1.807, 2.05) is 0 Å². The van der Waals surface area contributed by atoms with Gasteiger partial charge in [-0.05, 0) is 27.0 Å². The quantitative estimate of drug-likeness (QED) is 0.324. The van der Waals surface area contributed by atoms with Crippen LogP contribution >= 0.6 is 11.8 Å². The van der Waals surface area contributed by atoms with Crippen LogP contribution in [0, 0.1) is 0 Å². The van der Waals surface area contributed by atoms with Crippen LogP contribution in [0.1, 0.15) is 20.8 Å². The number of hydrogen-bond acceptors (Lipinski definition) is 5. The zero-order chi connectivity index (χ0) is 11.2. The smallest absolute Gasteiger partial charge is 0.351 e. The fourth-order valence-electron chi connectivity index (χ4n) is 0.502. The molecule has 0 amide bonds. The first-order chi connectivity index (χ1) is 6.35. The largest absolute Gasteiger partial charge is 0.456 e. The van der Waals surface area contributed by atoms with Gasteiger partial charge in [-0.3, -0.25) is 0 Å². The van der Waals surface area contributed by atoms with Crippen LogP contribution in [-0.4, -0.2) is 29.2 Å². The Labute approximate surface area is 87.8 Å². The third kappa shape index (κ3) is 7.60. The molecule has 14 heavy (non-hydrogen) atoms. The molecule has 0 saturated carbocycles. The van der Waals surface area contributed by atoms with Crippen molar-refractivity contribution in [3.05, 3.63) is 0 Å². The highest BCUT2D eigenvalue weighted by Gasteiger charge is 2.14. The number of nitrogens with zero attached hydrogens (tertiary/aromatic N) is 2. The van der Waals surface area contributed by atoms with Crippen LogP contribution in [0.3, 0.4) is 0 Å². The minimum Gasteiger partial charge on any atom is -0.456 e. The second-order valence-corrected chi connectivity index (χ2v) is 4.25. The molecule has 0 fully saturated rings. The van der Waals surface area contributed by atoms with E-state index in [1.54, 1.807) is 27.0 Å². The van der Waals surface area contributed by atoms with Gasteiger partial charge in [-0.2, -0.15) is 0 Å². The number of carbonyl (C=O) groups excluding carboxylic acids is 1. The Bertz CT molecular complexity index is 256. The van der Waals surface area contributed by atoms with Gasteiger partial charge in [0.1, 0.15) is 11.8 Å². The summed E-state index contributed by atoms with van der Waals surface area (Å²) < 4.78 is 4.95. The number of ether oxygens (including phenoxy) is 1. The van der Waals surface area contributed by atoms with Gasteiger partial charge in [0.25, 0.3) is 0 Å². The zero-order valence-electron chi connectivity index (χ0n) is 8.77. The molecule has 5 nitrogen and oxygen atoms in total. The van der Waals surface area contributed by atoms with E-state index in [2.05, 4.69) is 10.2 Å². The molecule has 80 valence electrons. The number of hydrogen-bond donors (Lipinski definition) is 1. The zero-order valence-corrected chi connectivity index (χ0v) is 9.59. The maximum absolute atomic E-state index is 11.0. The van der Waals surface area contributed by atoms with E-state index in [1.165, 1.54) is 11.8 Å². The molecule has 6 heteroatoms. The van der Waals surface area contributed by atoms with E-state index < -0.39 is 11.6 Å². The summed E-state index contributed by atoms with van der Waals surface area (Å²) in [5, 5.41) is 7.30. The van der Waals surface area contributed by atoms with Crippen molar-refractivity contribution in [1.82, 2.24) is 0 Å². The van der Waals surface area contributed by atoms with Crippen molar-refractivity contribution >= 4 is 29.1 Å². The van der Waals surface area contributed by atoms with E-state index in [0.29, 0.717) is 5.17 Å². The molecule has 0 aromatic rings. The topological polar surface area (TPSA) is 77.0 Å². The summed E-state index contributed by atoms with van der Waals surface area (Å²) in [5.41, 5.74) is 4.82. The predicted octanol–water partition coefficient (Wildman–Crippen LogP) is 0.992. The molecule has 0 atom stereocenters. The van der Waals surface area contributed by atoms with Crippen molar-refractivity contribution in [2.75, 3.05) is 6.26 Å². The summed E-state index contributed by atoms with van der Waals surface area (Å²) in [6, 6.07) is 0. The summed E-state index contributed by atoms with van der Waals surface area (Å²) in [6.45, 7) is 5.33. The molecule has 0 radical (unpaired) electrons. The predicted molar refractivity (Wildman–Crippen MR) is 59.5 cm³/mol. The SMILES string of the molecule is CS/C(N)=N\N=C\C(=O)OC(C)(C)C.